The van der Waals surface area contributed by atoms with Crippen molar-refractivity contribution in [1.29, 1.82) is 0 Å². The number of hydrogen-bond acceptors (Lipinski definition) is 3. The molecule has 0 aliphatic carbocycles. The van der Waals surface area contributed by atoms with Gasteiger partial charge >= 0.3 is 0 Å². The summed E-state index contributed by atoms with van der Waals surface area (Å²) in [5.41, 5.74) is 0.653. The molecule has 2 N–H and O–H groups in total. The van der Waals surface area contributed by atoms with E-state index in [1.54, 1.807) is 10.9 Å². The zero-order valence-electron chi connectivity index (χ0n) is 8.77. The van der Waals surface area contributed by atoms with E-state index in [1.807, 2.05) is 20.2 Å². The van der Waals surface area contributed by atoms with Crippen molar-refractivity contribution in [3.63, 3.8) is 0 Å². The van der Waals surface area contributed by atoms with Crippen LogP contribution in [0.3, 0.4) is 0 Å². The van der Waals surface area contributed by atoms with Gasteiger partial charge in [0, 0.05) is 18.7 Å². The summed E-state index contributed by atoms with van der Waals surface area (Å²) >= 11 is 0. The highest BCUT2D eigenvalue weighted by atomic mass is 16.3. The van der Waals surface area contributed by atoms with Crippen LogP contribution in [0.4, 0.5) is 0 Å². The molecule has 80 valence electrons. The van der Waals surface area contributed by atoms with Gasteiger partial charge in [-0.2, -0.15) is 5.10 Å². The van der Waals surface area contributed by atoms with Gasteiger partial charge in [-0.3, -0.25) is 4.68 Å². The summed E-state index contributed by atoms with van der Waals surface area (Å²) in [5.74, 6) is 0. The summed E-state index contributed by atoms with van der Waals surface area (Å²) in [6.45, 7) is 1.99. The summed E-state index contributed by atoms with van der Waals surface area (Å²) in [6, 6.07) is 0. The van der Waals surface area contributed by atoms with Crippen LogP contribution in [-0.4, -0.2) is 33.2 Å². The van der Waals surface area contributed by atoms with Gasteiger partial charge in [0.1, 0.15) is 0 Å². The van der Waals surface area contributed by atoms with E-state index in [2.05, 4.69) is 5.10 Å². The van der Waals surface area contributed by atoms with E-state index in [-0.39, 0.29) is 13.2 Å². The van der Waals surface area contributed by atoms with Crippen molar-refractivity contribution in [2.24, 2.45) is 12.5 Å². The maximum Gasteiger partial charge on any atom is 0.0521 e. The summed E-state index contributed by atoms with van der Waals surface area (Å²) in [5, 5.41) is 22.6. The minimum absolute atomic E-state index is 0.00882. The number of rotatable bonds is 5. The highest BCUT2D eigenvalue weighted by molar-refractivity contribution is 5.07. The summed E-state index contributed by atoms with van der Waals surface area (Å²) in [4.78, 5) is 0. The third kappa shape index (κ3) is 2.33. The molecule has 0 radical (unpaired) electrons. The van der Waals surface area contributed by atoms with Crippen LogP contribution in [-0.2, 0) is 13.5 Å². The second kappa shape index (κ2) is 4.57. The van der Waals surface area contributed by atoms with Gasteiger partial charge in [-0.15, -0.1) is 0 Å². The van der Waals surface area contributed by atoms with Crippen molar-refractivity contribution in [3.8, 4) is 0 Å². The molecular weight excluding hydrogens is 180 g/mol. The second-order valence-corrected chi connectivity index (χ2v) is 3.87. The maximum atomic E-state index is 9.26. The molecule has 1 aromatic heterocycles. The van der Waals surface area contributed by atoms with E-state index < -0.39 is 5.41 Å². The highest BCUT2D eigenvalue weighted by Crippen LogP contribution is 2.25. The van der Waals surface area contributed by atoms with Crippen LogP contribution in [0.15, 0.2) is 12.4 Å². The van der Waals surface area contributed by atoms with E-state index in [1.165, 1.54) is 0 Å². The lowest BCUT2D eigenvalue weighted by Gasteiger charge is -2.27. The monoisotopic (exact) mass is 198 g/mol. The van der Waals surface area contributed by atoms with E-state index in [9.17, 15) is 10.2 Å². The number of aliphatic hydroxyl groups excluding tert-OH is 2. The fourth-order valence-electron chi connectivity index (χ4n) is 1.51. The third-order valence-corrected chi connectivity index (χ3v) is 2.76. The van der Waals surface area contributed by atoms with Crippen molar-refractivity contribution < 1.29 is 10.2 Å². The Morgan fingerprint density at radius 2 is 2.07 bits per heavy atom. The number of aryl methyl sites for hydroxylation is 1. The van der Waals surface area contributed by atoms with Gasteiger partial charge in [0.25, 0.3) is 0 Å². The fourth-order valence-corrected chi connectivity index (χ4v) is 1.51. The minimum Gasteiger partial charge on any atom is -0.396 e. The third-order valence-electron chi connectivity index (χ3n) is 2.76. The molecule has 0 fully saturated rings. The van der Waals surface area contributed by atoms with Crippen molar-refractivity contribution in [2.45, 2.75) is 19.8 Å². The Hall–Kier alpha value is -0.870. The first kappa shape index (κ1) is 11.2. The van der Waals surface area contributed by atoms with E-state index in [4.69, 9.17) is 0 Å². The summed E-state index contributed by atoms with van der Waals surface area (Å²) in [7, 11) is 1.86. The molecule has 0 bridgehead atoms. The zero-order valence-corrected chi connectivity index (χ0v) is 8.77. The van der Waals surface area contributed by atoms with Crippen LogP contribution >= 0.6 is 0 Å². The molecule has 1 heterocycles. The predicted molar refractivity (Wildman–Crippen MR) is 53.8 cm³/mol. The second-order valence-electron chi connectivity index (χ2n) is 3.87. The van der Waals surface area contributed by atoms with Crippen molar-refractivity contribution in [2.75, 3.05) is 13.2 Å². The van der Waals surface area contributed by atoms with E-state index >= 15 is 0 Å². The Morgan fingerprint density at radius 3 is 2.43 bits per heavy atom. The molecule has 0 aliphatic heterocycles. The molecule has 0 atom stereocenters. The van der Waals surface area contributed by atoms with Crippen LogP contribution in [0.2, 0.25) is 0 Å². The summed E-state index contributed by atoms with van der Waals surface area (Å²) in [6.07, 6.45) is 5.12. The van der Waals surface area contributed by atoms with Crippen molar-refractivity contribution in [1.82, 2.24) is 9.78 Å². The first-order valence-corrected chi connectivity index (χ1v) is 4.85. The molecule has 4 nitrogen and oxygen atoms in total. The van der Waals surface area contributed by atoms with Gasteiger partial charge in [0.15, 0.2) is 0 Å². The molecule has 0 aromatic carbocycles. The lowest BCUT2D eigenvalue weighted by atomic mass is 9.81. The van der Waals surface area contributed by atoms with Gasteiger partial charge in [0.2, 0.25) is 0 Å². The van der Waals surface area contributed by atoms with Crippen LogP contribution in [0, 0.1) is 5.41 Å². The molecule has 0 amide bonds. The van der Waals surface area contributed by atoms with Gasteiger partial charge in [-0.05, 0) is 18.4 Å². The molecule has 1 rings (SSSR count). The molecule has 0 unspecified atom stereocenters. The first-order valence-electron chi connectivity index (χ1n) is 4.85. The Morgan fingerprint density at radius 1 is 1.43 bits per heavy atom. The topological polar surface area (TPSA) is 58.3 Å². The Kier molecular flexibility index (Phi) is 3.66. The summed E-state index contributed by atoms with van der Waals surface area (Å²) < 4.78 is 1.73. The van der Waals surface area contributed by atoms with E-state index in [0.29, 0.717) is 6.42 Å². The average molecular weight is 198 g/mol. The SMILES string of the molecule is CCC(CO)(CO)Cc1cnn(C)c1. The number of nitrogens with zero attached hydrogens (tertiary/aromatic N) is 2. The van der Waals surface area contributed by atoms with Gasteiger partial charge < -0.3 is 10.2 Å². The molecule has 4 heteroatoms. The zero-order chi connectivity index (χ0) is 10.6. The molecule has 14 heavy (non-hydrogen) atoms. The molecule has 1 aromatic rings. The van der Waals surface area contributed by atoms with Crippen LogP contribution in [0.5, 0.6) is 0 Å². The number of aromatic nitrogens is 2. The van der Waals surface area contributed by atoms with Gasteiger partial charge in [0.05, 0.1) is 19.4 Å². The van der Waals surface area contributed by atoms with Crippen LogP contribution in [0.1, 0.15) is 18.9 Å². The number of aliphatic hydroxyl groups is 2. The Balaban J connectivity index is 2.73. The number of hydrogen-bond donors (Lipinski definition) is 2. The largest absolute Gasteiger partial charge is 0.396 e. The lowest BCUT2D eigenvalue weighted by Crippen LogP contribution is -2.31. The van der Waals surface area contributed by atoms with Crippen LogP contribution < -0.4 is 0 Å². The highest BCUT2D eigenvalue weighted by Gasteiger charge is 2.27. The maximum absolute atomic E-state index is 9.26. The molecular formula is C10H18N2O2. The first-order chi connectivity index (χ1) is 6.65. The quantitative estimate of drug-likeness (QED) is 0.717. The fraction of sp³-hybridized carbons (Fsp3) is 0.700. The molecule has 0 aliphatic rings. The average Bonchev–Trinajstić information content (AvgIpc) is 2.61. The van der Waals surface area contributed by atoms with Crippen molar-refractivity contribution >= 4 is 0 Å². The van der Waals surface area contributed by atoms with E-state index in [0.717, 1.165) is 12.0 Å². The molecule has 0 saturated carbocycles. The Bertz CT molecular complexity index is 271. The molecule has 0 saturated heterocycles. The Labute approximate surface area is 84.2 Å². The smallest absolute Gasteiger partial charge is 0.0521 e. The van der Waals surface area contributed by atoms with Gasteiger partial charge in [-0.25, -0.2) is 0 Å². The van der Waals surface area contributed by atoms with Gasteiger partial charge in [-0.1, -0.05) is 6.92 Å². The lowest BCUT2D eigenvalue weighted by molar-refractivity contribution is 0.0514. The molecule has 0 spiro atoms. The minimum atomic E-state index is -0.400. The van der Waals surface area contributed by atoms with Crippen molar-refractivity contribution in [3.05, 3.63) is 18.0 Å². The van der Waals surface area contributed by atoms with Crippen LogP contribution in [0.25, 0.3) is 0 Å². The predicted octanol–water partition coefficient (Wildman–Crippen LogP) is 0.344. The standard InChI is InChI=1S/C10H18N2O2/c1-3-10(7-13,8-14)4-9-5-11-12(2)6-9/h5-6,13-14H,3-4,7-8H2,1-2H3. The normalized spacial score (nSPS) is 12.0.